The predicted octanol–water partition coefficient (Wildman–Crippen LogP) is 4.09. The maximum atomic E-state index is 11.9. The molecule has 1 aliphatic heterocycles. The van der Waals surface area contributed by atoms with Crippen LogP contribution in [-0.4, -0.2) is 32.4 Å². The Bertz CT molecular complexity index is 819. The third-order valence-corrected chi connectivity index (χ3v) is 11.8. The fraction of sp³-hybridized carbons (Fsp3) is 0.480. The molecule has 1 heterocycles. The first-order valence-corrected chi connectivity index (χ1v) is 12.6. The molecule has 154 valence electrons. The van der Waals surface area contributed by atoms with Crippen LogP contribution in [0.5, 0.6) is 0 Å². The van der Waals surface area contributed by atoms with E-state index in [0.29, 0.717) is 31.1 Å². The standard InChI is InChI=1S/C25H32O3Si/c1-24(2,3)29(22-11-7-5-8-12-22,23-13-9-6-10-14-23)27-18-21-16-19-15-20(26)17-25(19,4)28-21/h5-14,19,21H,15-18H2,1-4H3/t19-,21-,25-/m0/s1. The van der Waals surface area contributed by atoms with E-state index in [0.717, 1.165) is 6.42 Å². The Labute approximate surface area is 175 Å². The van der Waals surface area contributed by atoms with Crippen molar-refractivity contribution in [2.24, 2.45) is 5.92 Å². The zero-order valence-corrected chi connectivity index (χ0v) is 19.0. The van der Waals surface area contributed by atoms with Gasteiger partial charge < -0.3 is 9.16 Å². The lowest BCUT2D eigenvalue weighted by Crippen LogP contribution is -2.67. The van der Waals surface area contributed by atoms with E-state index < -0.39 is 8.32 Å². The number of carbonyl (C=O) groups excluding carboxylic acids is 1. The molecule has 0 unspecified atom stereocenters. The predicted molar refractivity (Wildman–Crippen MR) is 119 cm³/mol. The second-order valence-corrected chi connectivity index (χ2v) is 14.2. The van der Waals surface area contributed by atoms with Gasteiger partial charge in [-0.15, -0.1) is 0 Å². The van der Waals surface area contributed by atoms with E-state index in [1.54, 1.807) is 0 Å². The van der Waals surface area contributed by atoms with Crippen molar-refractivity contribution in [1.29, 1.82) is 0 Å². The largest absolute Gasteiger partial charge is 0.405 e. The summed E-state index contributed by atoms with van der Waals surface area (Å²) in [5.74, 6) is 0.673. The Morgan fingerprint density at radius 1 is 1.03 bits per heavy atom. The molecule has 0 spiro atoms. The maximum Gasteiger partial charge on any atom is 0.261 e. The molecular formula is C25H32O3Si. The molecule has 1 aliphatic carbocycles. The summed E-state index contributed by atoms with van der Waals surface area (Å²) in [5.41, 5.74) is -0.295. The average Bonchev–Trinajstić information content (AvgIpc) is 3.12. The smallest absolute Gasteiger partial charge is 0.261 e. The van der Waals surface area contributed by atoms with Crippen LogP contribution < -0.4 is 10.4 Å². The molecule has 1 saturated heterocycles. The molecule has 2 aromatic carbocycles. The molecule has 0 aromatic heterocycles. The van der Waals surface area contributed by atoms with Gasteiger partial charge in [-0.3, -0.25) is 4.79 Å². The van der Waals surface area contributed by atoms with Gasteiger partial charge in [0.05, 0.1) is 18.3 Å². The Morgan fingerprint density at radius 2 is 1.59 bits per heavy atom. The van der Waals surface area contributed by atoms with E-state index in [9.17, 15) is 4.79 Å². The number of ketones is 1. The van der Waals surface area contributed by atoms with Crippen LogP contribution in [0.2, 0.25) is 5.04 Å². The number of Topliss-reactive ketones (excluding diaryl/α,β-unsaturated/α-hetero) is 1. The first-order valence-electron chi connectivity index (χ1n) is 10.7. The summed E-state index contributed by atoms with van der Waals surface area (Å²) >= 11 is 0. The molecule has 2 aliphatic rings. The van der Waals surface area contributed by atoms with Crippen LogP contribution >= 0.6 is 0 Å². The minimum absolute atomic E-state index is 0.0376. The summed E-state index contributed by atoms with van der Waals surface area (Å²) in [6, 6.07) is 21.4. The SMILES string of the molecule is CC(C)(C)[Si](OC[C@@H]1C[C@@H]2CC(=O)C[C@]2(C)O1)(c1ccccc1)c1ccccc1. The molecule has 2 aromatic rings. The van der Waals surface area contributed by atoms with Gasteiger partial charge in [-0.1, -0.05) is 81.4 Å². The highest BCUT2D eigenvalue weighted by Crippen LogP contribution is 2.46. The van der Waals surface area contributed by atoms with Crippen molar-refractivity contribution in [3.05, 3.63) is 60.7 Å². The molecule has 4 rings (SSSR count). The van der Waals surface area contributed by atoms with Gasteiger partial charge in [-0.05, 0) is 34.7 Å². The van der Waals surface area contributed by atoms with Crippen molar-refractivity contribution < 1.29 is 14.0 Å². The minimum Gasteiger partial charge on any atom is -0.405 e. The zero-order valence-electron chi connectivity index (χ0n) is 18.0. The Morgan fingerprint density at radius 3 is 2.07 bits per heavy atom. The second-order valence-electron chi connectivity index (χ2n) is 9.88. The Balaban J connectivity index is 1.66. The Hall–Kier alpha value is -1.75. The molecule has 0 amide bonds. The van der Waals surface area contributed by atoms with E-state index in [-0.39, 0.29) is 16.7 Å². The zero-order chi connectivity index (χ0) is 20.7. The van der Waals surface area contributed by atoms with E-state index in [1.807, 2.05) is 0 Å². The van der Waals surface area contributed by atoms with Gasteiger partial charge in [0.2, 0.25) is 0 Å². The van der Waals surface area contributed by atoms with Crippen molar-refractivity contribution >= 4 is 24.5 Å². The first kappa shape index (κ1) is 20.5. The number of hydrogen-bond acceptors (Lipinski definition) is 3. The first-order chi connectivity index (χ1) is 13.7. The summed E-state index contributed by atoms with van der Waals surface area (Å²) in [6.45, 7) is 9.56. The molecule has 2 fully saturated rings. The van der Waals surface area contributed by atoms with E-state index >= 15 is 0 Å². The summed E-state index contributed by atoms with van der Waals surface area (Å²) in [5, 5.41) is 2.54. The summed E-state index contributed by atoms with van der Waals surface area (Å²) in [6.07, 6.45) is 2.18. The van der Waals surface area contributed by atoms with Crippen LogP contribution in [-0.2, 0) is 14.0 Å². The lowest BCUT2D eigenvalue weighted by Gasteiger charge is -2.43. The molecular weight excluding hydrogens is 376 g/mol. The van der Waals surface area contributed by atoms with Crippen LogP contribution in [0.4, 0.5) is 0 Å². The van der Waals surface area contributed by atoms with Gasteiger partial charge in [-0.2, -0.15) is 0 Å². The quantitative estimate of drug-likeness (QED) is 0.699. The fourth-order valence-corrected chi connectivity index (χ4v) is 9.99. The van der Waals surface area contributed by atoms with Crippen molar-refractivity contribution in [1.82, 2.24) is 0 Å². The number of rotatable bonds is 5. The van der Waals surface area contributed by atoms with Crippen LogP contribution in [0.1, 0.15) is 47.0 Å². The highest BCUT2D eigenvalue weighted by Gasteiger charge is 2.54. The summed E-state index contributed by atoms with van der Waals surface area (Å²) in [4.78, 5) is 11.9. The number of hydrogen-bond donors (Lipinski definition) is 0. The van der Waals surface area contributed by atoms with Gasteiger partial charge in [0.1, 0.15) is 5.78 Å². The van der Waals surface area contributed by atoms with Crippen LogP contribution in [0.25, 0.3) is 0 Å². The van der Waals surface area contributed by atoms with Gasteiger partial charge in [0.25, 0.3) is 8.32 Å². The fourth-order valence-electron chi connectivity index (χ4n) is 5.40. The highest BCUT2D eigenvalue weighted by molar-refractivity contribution is 6.99. The van der Waals surface area contributed by atoms with Crippen molar-refractivity contribution in [3.63, 3.8) is 0 Å². The van der Waals surface area contributed by atoms with Crippen molar-refractivity contribution in [2.75, 3.05) is 6.61 Å². The van der Waals surface area contributed by atoms with Crippen LogP contribution in [0, 0.1) is 5.92 Å². The third-order valence-electron chi connectivity index (χ3n) is 6.77. The Kier molecular flexibility index (Phi) is 5.30. The third kappa shape index (κ3) is 3.62. The van der Waals surface area contributed by atoms with Gasteiger partial charge in [0, 0.05) is 12.8 Å². The number of carbonyl (C=O) groups is 1. The minimum atomic E-state index is -2.54. The average molecular weight is 409 g/mol. The maximum absolute atomic E-state index is 11.9. The second kappa shape index (κ2) is 7.49. The number of benzene rings is 2. The van der Waals surface area contributed by atoms with Crippen LogP contribution in [0.3, 0.4) is 0 Å². The molecule has 0 N–H and O–H groups in total. The number of fused-ring (bicyclic) bond motifs is 1. The highest BCUT2D eigenvalue weighted by atomic mass is 28.4. The molecule has 1 saturated carbocycles. The monoisotopic (exact) mass is 408 g/mol. The number of ether oxygens (including phenoxy) is 1. The van der Waals surface area contributed by atoms with E-state index in [1.165, 1.54) is 10.4 Å². The van der Waals surface area contributed by atoms with Gasteiger partial charge >= 0.3 is 0 Å². The van der Waals surface area contributed by atoms with Gasteiger partial charge in [-0.25, -0.2) is 0 Å². The topological polar surface area (TPSA) is 35.5 Å². The molecule has 0 radical (unpaired) electrons. The lowest BCUT2D eigenvalue weighted by molar-refractivity contribution is -0.120. The lowest BCUT2D eigenvalue weighted by atomic mass is 9.92. The van der Waals surface area contributed by atoms with Gasteiger partial charge in [0.15, 0.2) is 0 Å². The van der Waals surface area contributed by atoms with E-state index in [2.05, 4.69) is 88.4 Å². The molecule has 3 atom stereocenters. The van der Waals surface area contributed by atoms with Crippen molar-refractivity contribution in [3.8, 4) is 0 Å². The van der Waals surface area contributed by atoms with E-state index in [4.69, 9.17) is 9.16 Å². The summed E-state index contributed by atoms with van der Waals surface area (Å²) in [7, 11) is -2.54. The molecule has 0 bridgehead atoms. The van der Waals surface area contributed by atoms with Crippen LogP contribution in [0.15, 0.2) is 60.7 Å². The molecule has 29 heavy (non-hydrogen) atoms. The normalized spacial score (nSPS) is 27.2. The molecule has 3 nitrogen and oxygen atoms in total. The molecule has 4 heteroatoms. The summed E-state index contributed by atoms with van der Waals surface area (Å²) < 4.78 is 13.4. The van der Waals surface area contributed by atoms with Crippen molar-refractivity contribution in [2.45, 2.75) is 63.7 Å².